The Hall–Kier alpha value is -2.01. The predicted octanol–water partition coefficient (Wildman–Crippen LogP) is 2.38. The lowest BCUT2D eigenvalue weighted by atomic mass is 10.2. The van der Waals surface area contributed by atoms with Crippen LogP contribution in [0, 0.1) is 0 Å². The van der Waals surface area contributed by atoms with Crippen LogP contribution in [0.15, 0.2) is 36.8 Å². The van der Waals surface area contributed by atoms with Gasteiger partial charge in [-0.05, 0) is 31.0 Å². The Morgan fingerprint density at radius 2 is 1.95 bits per heavy atom. The summed E-state index contributed by atoms with van der Waals surface area (Å²) < 4.78 is 1.75. The molecule has 96 valence electrons. The molecule has 0 amide bonds. The van der Waals surface area contributed by atoms with E-state index < -0.39 is 0 Å². The highest BCUT2D eigenvalue weighted by Gasteiger charge is 2.04. The molecule has 0 saturated carbocycles. The maximum absolute atomic E-state index is 5.67. The van der Waals surface area contributed by atoms with E-state index in [4.69, 9.17) is 11.6 Å². The first kappa shape index (κ1) is 12.0. The first-order valence-electron chi connectivity index (χ1n) is 6.05. The number of fused-ring (bicyclic) bond motifs is 1. The van der Waals surface area contributed by atoms with Crippen molar-refractivity contribution in [3.8, 4) is 5.69 Å². The van der Waals surface area contributed by atoms with Crippen molar-refractivity contribution in [2.24, 2.45) is 0 Å². The number of halogens is 1. The van der Waals surface area contributed by atoms with Gasteiger partial charge in [0, 0.05) is 18.3 Å². The molecule has 0 aliphatic heterocycles. The summed E-state index contributed by atoms with van der Waals surface area (Å²) in [5.74, 6) is 0.637. The van der Waals surface area contributed by atoms with Crippen LogP contribution in [0.25, 0.3) is 16.7 Å². The molecule has 5 nitrogen and oxygen atoms in total. The molecule has 3 aromatic rings. The van der Waals surface area contributed by atoms with E-state index in [-0.39, 0.29) is 0 Å². The summed E-state index contributed by atoms with van der Waals surface area (Å²) in [6.45, 7) is 0. The second-order valence-corrected chi connectivity index (χ2v) is 4.55. The molecule has 0 spiro atoms. The highest BCUT2D eigenvalue weighted by molar-refractivity contribution is 6.17. The second-order valence-electron chi connectivity index (χ2n) is 4.18. The SMILES string of the molecule is ClCCCc1cn(-c2ccc3nccnc3c2)nn1. The van der Waals surface area contributed by atoms with Crippen LogP contribution in [0.5, 0.6) is 0 Å². The Morgan fingerprint density at radius 1 is 1.11 bits per heavy atom. The third-order valence-electron chi connectivity index (χ3n) is 2.82. The molecule has 0 aliphatic rings. The number of aromatic nitrogens is 5. The van der Waals surface area contributed by atoms with E-state index in [1.807, 2.05) is 24.4 Å². The molecule has 0 N–H and O–H groups in total. The van der Waals surface area contributed by atoms with Crippen molar-refractivity contribution >= 4 is 22.6 Å². The molecule has 3 rings (SSSR count). The number of aryl methyl sites for hydroxylation is 1. The average molecular weight is 274 g/mol. The second kappa shape index (κ2) is 5.32. The minimum Gasteiger partial charge on any atom is -0.253 e. The Labute approximate surface area is 115 Å². The van der Waals surface area contributed by atoms with Crippen LogP contribution >= 0.6 is 11.6 Å². The molecule has 0 saturated heterocycles. The molecule has 1 aromatic carbocycles. The lowest BCUT2D eigenvalue weighted by molar-refractivity contribution is 0.792. The van der Waals surface area contributed by atoms with Gasteiger partial charge in [0.1, 0.15) is 0 Å². The van der Waals surface area contributed by atoms with Crippen molar-refractivity contribution in [3.63, 3.8) is 0 Å². The number of hydrogen-bond acceptors (Lipinski definition) is 4. The van der Waals surface area contributed by atoms with Gasteiger partial charge < -0.3 is 0 Å². The monoisotopic (exact) mass is 273 g/mol. The van der Waals surface area contributed by atoms with E-state index in [0.29, 0.717) is 5.88 Å². The van der Waals surface area contributed by atoms with Crippen molar-refractivity contribution in [2.45, 2.75) is 12.8 Å². The summed E-state index contributed by atoms with van der Waals surface area (Å²) in [6.07, 6.45) is 7.03. The van der Waals surface area contributed by atoms with Crippen molar-refractivity contribution < 1.29 is 0 Å². The molecule has 0 bridgehead atoms. The number of alkyl halides is 1. The summed E-state index contributed by atoms with van der Waals surface area (Å²) >= 11 is 5.67. The predicted molar refractivity (Wildman–Crippen MR) is 73.5 cm³/mol. The third kappa shape index (κ3) is 2.56. The summed E-state index contributed by atoms with van der Waals surface area (Å²) in [5, 5.41) is 8.25. The summed E-state index contributed by atoms with van der Waals surface area (Å²) in [7, 11) is 0. The normalized spacial score (nSPS) is 11.0. The van der Waals surface area contributed by atoms with E-state index in [0.717, 1.165) is 35.3 Å². The molecule has 0 aliphatic carbocycles. The van der Waals surface area contributed by atoms with Crippen molar-refractivity contribution in [2.75, 3.05) is 5.88 Å². The van der Waals surface area contributed by atoms with Gasteiger partial charge in [-0.1, -0.05) is 5.21 Å². The minimum absolute atomic E-state index is 0.637. The van der Waals surface area contributed by atoms with Crippen LogP contribution in [0.2, 0.25) is 0 Å². The van der Waals surface area contributed by atoms with Crippen molar-refractivity contribution in [1.82, 2.24) is 25.0 Å². The number of hydrogen-bond donors (Lipinski definition) is 0. The molecule has 0 unspecified atom stereocenters. The van der Waals surface area contributed by atoms with Crippen LogP contribution in [-0.2, 0) is 6.42 Å². The maximum atomic E-state index is 5.67. The highest BCUT2D eigenvalue weighted by Crippen LogP contribution is 2.14. The van der Waals surface area contributed by atoms with Gasteiger partial charge >= 0.3 is 0 Å². The highest BCUT2D eigenvalue weighted by atomic mass is 35.5. The van der Waals surface area contributed by atoms with Crippen LogP contribution in [0.4, 0.5) is 0 Å². The van der Waals surface area contributed by atoms with Gasteiger partial charge in [0.2, 0.25) is 0 Å². The van der Waals surface area contributed by atoms with Gasteiger partial charge in [-0.3, -0.25) is 9.97 Å². The van der Waals surface area contributed by atoms with E-state index in [9.17, 15) is 0 Å². The van der Waals surface area contributed by atoms with Gasteiger partial charge in [0.25, 0.3) is 0 Å². The van der Waals surface area contributed by atoms with Crippen molar-refractivity contribution in [3.05, 3.63) is 42.5 Å². The van der Waals surface area contributed by atoms with Gasteiger partial charge in [-0.2, -0.15) is 0 Å². The lowest BCUT2D eigenvalue weighted by Crippen LogP contribution is -1.95. The number of benzene rings is 1. The average Bonchev–Trinajstić information content (AvgIpc) is 2.93. The van der Waals surface area contributed by atoms with Gasteiger partial charge in [-0.25, -0.2) is 4.68 Å². The number of nitrogens with zero attached hydrogens (tertiary/aromatic N) is 5. The van der Waals surface area contributed by atoms with Gasteiger partial charge in [0.05, 0.1) is 28.6 Å². The standard InChI is InChI=1S/C13H12ClN5/c14-5-1-2-10-9-19(18-17-10)11-3-4-12-13(8-11)16-7-6-15-12/h3-4,6-9H,1-2,5H2. The fourth-order valence-corrected chi connectivity index (χ4v) is 2.01. The maximum Gasteiger partial charge on any atom is 0.0908 e. The zero-order valence-corrected chi connectivity index (χ0v) is 11.0. The van der Waals surface area contributed by atoms with E-state index >= 15 is 0 Å². The molecule has 2 heterocycles. The largest absolute Gasteiger partial charge is 0.253 e. The summed E-state index contributed by atoms with van der Waals surface area (Å²) in [5.41, 5.74) is 3.59. The van der Waals surface area contributed by atoms with Gasteiger partial charge in [0.15, 0.2) is 0 Å². The first-order chi connectivity index (χ1) is 9.36. The Balaban J connectivity index is 1.92. The Bertz CT molecular complexity index is 694. The van der Waals surface area contributed by atoms with Gasteiger partial charge in [-0.15, -0.1) is 16.7 Å². The van der Waals surface area contributed by atoms with Crippen LogP contribution in [-0.4, -0.2) is 30.8 Å². The fraction of sp³-hybridized carbons (Fsp3) is 0.231. The molecule has 19 heavy (non-hydrogen) atoms. The van der Waals surface area contributed by atoms with E-state index in [1.54, 1.807) is 17.1 Å². The fourth-order valence-electron chi connectivity index (χ4n) is 1.88. The van der Waals surface area contributed by atoms with E-state index in [2.05, 4.69) is 20.3 Å². The molecule has 2 aromatic heterocycles. The molecular formula is C13H12ClN5. The zero-order chi connectivity index (χ0) is 13.1. The zero-order valence-electron chi connectivity index (χ0n) is 10.2. The lowest BCUT2D eigenvalue weighted by Gasteiger charge is -2.01. The summed E-state index contributed by atoms with van der Waals surface area (Å²) in [4.78, 5) is 8.52. The van der Waals surface area contributed by atoms with Crippen LogP contribution in [0.3, 0.4) is 0 Å². The molecule has 6 heteroatoms. The topological polar surface area (TPSA) is 56.5 Å². The third-order valence-corrected chi connectivity index (χ3v) is 3.09. The van der Waals surface area contributed by atoms with Crippen LogP contribution in [0.1, 0.15) is 12.1 Å². The molecule has 0 radical (unpaired) electrons. The molecule has 0 fully saturated rings. The number of rotatable bonds is 4. The quantitative estimate of drug-likeness (QED) is 0.685. The van der Waals surface area contributed by atoms with Crippen molar-refractivity contribution in [1.29, 1.82) is 0 Å². The Kier molecular flexibility index (Phi) is 3.37. The summed E-state index contributed by atoms with van der Waals surface area (Å²) in [6, 6.07) is 5.83. The minimum atomic E-state index is 0.637. The Morgan fingerprint density at radius 3 is 2.79 bits per heavy atom. The molecule has 0 atom stereocenters. The van der Waals surface area contributed by atoms with Crippen LogP contribution < -0.4 is 0 Å². The smallest absolute Gasteiger partial charge is 0.0908 e. The first-order valence-corrected chi connectivity index (χ1v) is 6.58. The molecular weight excluding hydrogens is 262 g/mol. The van der Waals surface area contributed by atoms with E-state index in [1.165, 1.54) is 0 Å².